The van der Waals surface area contributed by atoms with Crippen LogP contribution in [0.2, 0.25) is 0 Å². The van der Waals surface area contributed by atoms with Crippen molar-refractivity contribution >= 4 is 0 Å². The van der Waals surface area contributed by atoms with Crippen LogP contribution >= 0.6 is 0 Å². The number of hydrogen-bond acceptors (Lipinski definition) is 3. The summed E-state index contributed by atoms with van der Waals surface area (Å²) in [6.45, 7) is 8.61. The van der Waals surface area contributed by atoms with E-state index < -0.39 is 0 Å². The van der Waals surface area contributed by atoms with Gasteiger partial charge in [0.15, 0.2) is 0 Å². The third-order valence-electron chi connectivity index (χ3n) is 2.38. The van der Waals surface area contributed by atoms with E-state index in [2.05, 4.69) is 36.1 Å². The lowest BCUT2D eigenvalue weighted by Gasteiger charge is -2.18. The molecule has 3 heteroatoms. The van der Waals surface area contributed by atoms with E-state index in [1.165, 1.54) is 0 Å². The lowest BCUT2D eigenvalue weighted by molar-refractivity contribution is 0.294. The number of hydrogen-bond donors (Lipinski definition) is 1. The molecule has 0 aliphatic heterocycles. The molecule has 0 aromatic carbocycles. The zero-order valence-corrected chi connectivity index (χ0v) is 10.6. The summed E-state index contributed by atoms with van der Waals surface area (Å²) in [6, 6.07) is 6.01. The smallest absolute Gasteiger partial charge is 0.0541 e. The highest BCUT2D eigenvalue weighted by Gasteiger charge is 2.00. The fourth-order valence-corrected chi connectivity index (χ4v) is 1.70. The van der Waals surface area contributed by atoms with E-state index in [4.69, 9.17) is 0 Å². The van der Waals surface area contributed by atoms with Crippen molar-refractivity contribution in [2.45, 2.75) is 20.4 Å². The highest BCUT2D eigenvalue weighted by Crippen LogP contribution is 1.95. The first-order valence-electron chi connectivity index (χ1n) is 5.97. The van der Waals surface area contributed by atoms with Crippen molar-refractivity contribution in [2.24, 2.45) is 5.92 Å². The molecule has 1 rings (SSSR count). The van der Waals surface area contributed by atoms with Gasteiger partial charge in [-0.05, 0) is 25.1 Å². The molecule has 0 amide bonds. The van der Waals surface area contributed by atoms with E-state index in [0.717, 1.165) is 37.8 Å². The standard InChI is InChI=1S/C13H23N3/c1-12(2)11-16(3)9-8-14-10-13-6-4-5-7-15-13/h4-7,12,14H,8-11H2,1-3H3. The number of likely N-dealkylation sites (N-methyl/N-ethyl adjacent to an activating group) is 1. The van der Waals surface area contributed by atoms with Crippen LogP contribution in [0, 0.1) is 5.92 Å². The maximum absolute atomic E-state index is 4.27. The van der Waals surface area contributed by atoms with E-state index >= 15 is 0 Å². The van der Waals surface area contributed by atoms with Gasteiger partial charge in [0.05, 0.1) is 5.69 Å². The molecule has 1 heterocycles. The van der Waals surface area contributed by atoms with E-state index in [1.54, 1.807) is 0 Å². The summed E-state index contributed by atoms with van der Waals surface area (Å²) in [5.41, 5.74) is 1.11. The zero-order valence-electron chi connectivity index (χ0n) is 10.6. The summed E-state index contributed by atoms with van der Waals surface area (Å²) in [7, 11) is 2.17. The highest BCUT2D eigenvalue weighted by molar-refractivity contribution is 5.02. The molecule has 0 unspecified atom stereocenters. The summed E-state index contributed by atoms with van der Waals surface area (Å²) >= 11 is 0. The van der Waals surface area contributed by atoms with Crippen molar-refractivity contribution in [1.29, 1.82) is 0 Å². The Bertz CT molecular complexity index is 272. The molecule has 0 atom stereocenters. The van der Waals surface area contributed by atoms with E-state index in [9.17, 15) is 0 Å². The minimum atomic E-state index is 0.737. The van der Waals surface area contributed by atoms with Gasteiger partial charge in [0.25, 0.3) is 0 Å². The van der Waals surface area contributed by atoms with Gasteiger partial charge in [0, 0.05) is 32.4 Å². The molecule has 1 N–H and O–H groups in total. The second-order valence-corrected chi connectivity index (χ2v) is 4.65. The molecule has 1 aromatic heterocycles. The average molecular weight is 221 g/mol. The first kappa shape index (κ1) is 13.1. The molecule has 16 heavy (non-hydrogen) atoms. The molecule has 0 saturated heterocycles. The normalized spacial score (nSPS) is 11.3. The van der Waals surface area contributed by atoms with Crippen LogP contribution in [-0.2, 0) is 6.54 Å². The monoisotopic (exact) mass is 221 g/mol. The molecule has 3 nitrogen and oxygen atoms in total. The molecular weight excluding hydrogens is 198 g/mol. The molecule has 0 spiro atoms. The first-order valence-corrected chi connectivity index (χ1v) is 5.97. The maximum atomic E-state index is 4.27. The van der Waals surface area contributed by atoms with Crippen molar-refractivity contribution in [1.82, 2.24) is 15.2 Å². The van der Waals surface area contributed by atoms with Crippen LogP contribution in [0.3, 0.4) is 0 Å². The summed E-state index contributed by atoms with van der Waals surface area (Å²) in [5, 5.41) is 3.40. The predicted molar refractivity (Wildman–Crippen MR) is 68.3 cm³/mol. The van der Waals surface area contributed by atoms with Crippen molar-refractivity contribution < 1.29 is 0 Å². The zero-order chi connectivity index (χ0) is 11.8. The van der Waals surface area contributed by atoms with E-state index in [1.807, 2.05) is 24.4 Å². The fourth-order valence-electron chi connectivity index (χ4n) is 1.70. The molecule has 0 fully saturated rings. The van der Waals surface area contributed by atoms with Crippen LogP contribution in [0.15, 0.2) is 24.4 Å². The molecule has 0 bridgehead atoms. The summed E-state index contributed by atoms with van der Waals surface area (Å²) in [6.07, 6.45) is 1.84. The molecular formula is C13H23N3. The molecule has 0 saturated carbocycles. The lowest BCUT2D eigenvalue weighted by Crippen LogP contribution is -2.31. The fraction of sp³-hybridized carbons (Fsp3) is 0.615. The van der Waals surface area contributed by atoms with Crippen LogP contribution in [-0.4, -0.2) is 36.6 Å². The summed E-state index contributed by atoms with van der Waals surface area (Å²) in [5.74, 6) is 0.737. The Labute approximate surface area is 98.9 Å². The van der Waals surface area contributed by atoms with Gasteiger partial charge in [-0.2, -0.15) is 0 Å². The minimum absolute atomic E-state index is 0.737. The lowest BCUT2D eigenvalue weighted by atomic mass is 10.2. The van der Waals surface area contributed by atoms with Crippen LogP contribution in [0.1, 0.15) is 19.5 Å². The van der Waals surface area contributed by atoms with Gasteiger partial charge in [-0.25, -0.2) is 0 Å². The highest BCUT2D eigenvalue weighted by atomic mass is 15.1. The summed E-state index contributed by atoms with van der Waals surface area (Å²) in [4.78, 5) is 6.62. The molecule has 90 valence electrons. The molecule has 0 aliphatic carbocycles. The molecule has 0 radical (unpaired) electrons. The van der Waals surface area contributed by atoms with E-state index in [-0.39, 0.29) is 0 Å². The quantitative estimate of drug-likeness (QED) is 0.711. The topological polar surface area (TPSA) is 28.2 Å². The number of aromatic nitrogens is 1. The van der Waals surface area contributed by atoms with Crippen LogP contribution in [0.25, 0.3) is 0 Å². The third-order valence-corrected chi connectivity index (χ3v) is 2.38. The first-order chi connectivity index (χ1) is 7.68. The van der Waals surface area contributed by atoms with Crippen molar-refractivity contribution in [2.75, 3.05) is 26.7 Å². The predicted octanol–water partition coefficient (Wildman–Crippen LogP) is 1.76. The average Bonchev–Trinajstić information content (AvgIpc) is 2.25. The Balaban J connectivity index is 2.08. The van der Waals surface area contributed by atoms with Gasteiger partial charge in [-0.15, -0.1) is 0 Å². The Kier molecular flexibility index (Phi) is 6.04. The van der Waals surface area contributed by atoms with Gasteiger partial charge in [0.1, 0.15) is 0 Å². The van der Waals surface area contributed by atoms with Crippen molar-refractivity contribution in [3.05, 3.63) is 30.1 Å². The Morgan fingerprint density at radius 2 is 2.19 bits per heavy atom. The molecule has 0 aliphatic rings. The van der Waals surface area contributed by atoms with Gasteiger partial charge >= 0.3 is 0 Å². The SMILES string of the molecule is CC(C)CN(C)CCNCc1ccccn1. The minimum Gasteiger partial charge on any atom is -0.310 e. The third kappa shape index (κ3) is 5.83. The van der Waals surface area contributed by atoms with E-state index in [0.29, 0.717) is 0 Å². The van der Waals surface area contributed by atoms with Gasteiger partial charge in [0.2, 0.25) is 0 Å². The Hall–Kier alpha value is -0.930. The van der Waals surface area contributed by atoms with Crippen molar-refractivity contribution in [3.8, 4) is 0 Å². The summed E-state index contributed by atoms with van der Waals surface area (Å²) < 4.78 is 0. The maximum Gasteiger partial charge on any atom is 0.0541 e. The van der Waals surface area contributed by atoms with Gasteiger partial charge in [-0.3, -0.25) is 4.98 Å². The van der Waals surface area contributed by atoms with Gasteiger partial charge in [-0.1, -0.05) is 19.9 Å². The Morgan fingerprint density at radius 1 is 1.38 bits per heavy atom. The van der Waals surface area contributed by atoms with Gasteiger partial charge < -0.3 is 10.2 Å². The Morgan fingerprint density at radius 3 is 2.81 bits per heavy atom. The van der Waals surface area contributed by atoms with Crippen molar-refractivity contribution in [3.63, 3.8) is 0 Å². The second kappa shape index (κ2) is 7.36. The molecule has 1 aromatic rings. The van der Waals surface area contributed by atoms with Crippen LogP contribution in [0.5, 0.6) is 0 Å². The second-order valence-electron chi connectivity index (χ2n) is 4.65. The number of nitrogens with zero attached hydrogens (tertiary/aromatic N) is 2. The number of pyridine rings is 1. The van der Waals surface area contributed by atoms with Crippen LogP contribution < -0.4 is 5.32 Å². The van der Waals surface area contributed by atoms with Crippen LogP contribution in [0.4, 0.5) is 0 Å². The largest absolute Gasteiger partial charge is 0.310 e. The number of rotatable bonds is 7. The number of nitrogens with one attached hydrogen (secondary N) is 1.